The molecule has 2 heterocycles. The number of benzene rings is 8. The highest BCUT2D eigenvalue weighted by atomic mass is 16.3. The van der Waals surface area contributed by atoms with Crippen molar-refractivity contribution in [2.45, 2.75) is 6.42 Å². The Hall–Kier alpha value is -7.36. The van der Waals surface area contributed by atoms with E-state index in [-0.39, 0.29) is 0 Å². The zero-order chi connectivity index (χ0) is 37.5. The molecule has 0 radical (unpaired) electrons. The predicted octanol–water partition coefficient (Wildman–Crippen LogP) is 13.5. The van der Waals surface area contributed by atoms with Gasteiger partial charge in [0.05, 0.1) is 5.69 Å². The average molecular weight is 730 g/mol. The molecule has 3 nitrogen and oxygen atoms in total. The largest absolute Gasteiger partial charge is 0.456 e. The molecule has 8 aromatic carbocycles. The van der Waals surface area contributed by atoms with Crippen LogP contribution in [0.1, 0.15) is 6.42 Å². The number of furan rings is 2. The Morgan fingerprint density at radius 1 is 0.491 bits per heavy atom. The van der Waals surface area contributed by atoms with Crippen molar-refractivity contribution in [1.82, 2.24) is 0 Å². The van der Waals surface area contributed by atoms with E-state index in [0.29, 0.717) is 5.92 Å². The van der Waals surface area contributed by atoms with Crippen LogP contribution in [0.25, 0.3) is 88.6 Å². The molecule has 0 fully saturated rings. The molecule has 3 heteroatoms. The van der Waals surface area contributed by atoms with Gasteiger partial charge in [0.15, 0.2) is 0 Å². The third-order valence-electron chi connectivity index (χ3n) is 12.0. The summed E-state index contributed by atoms with van der Waals surface area (Å²) >= 11 is 0. The third-order valence-corrected chi connectivity index (χ3v) is 12.0. The molecule has 0 saturated heterocycles. The molecule has 0 bridgehead atoms. The standard InChI is InChI=1S/C54H35NO2/c1-3-12-41-35(10-1)20-21-38-32-37(25-29-42(38)41)34-22-26-39(27-23-34)55(40-28-31-52-49(33-40)45-15-6-8-19-51(45)56-52)50-18-7-5-14-44(50)46-16-9-17-47-48-30-24-36-11-2-4-13-43(36)53(48)57-54(46)47/h1-19,21-33,35H,20H2. The van der Waals surface area contributed by atoms with Gasteiger partial charge in [-0.15, -0.1) is 0 Å². The van der Waals surface area contributed by atoms with E-state index in [2.05, 4.69) is 187 Å². The van der Waals surface area contributed by atoms with Crippen LogP contribution in [-0.4, -0.2) is 0 Å². The Morgan fingerprint density at radius 2 is 1.25 bits per heavy atom. The molecule has 57 heavy (non-hydrogen) atoms. The highest BCUT2D eigenvalue weighted by Gasteiger charge is 2.22. The highest BCUT2D eigenvalue weighted by molar-refractivity contribution is 6.18. The van der Waals surface area contributed by atoms with Gasteiger partial charge in [-0.1, -0.05) is 140 Å². The Balaban J connectivity index is 1.04. The van der Waals surface area contributed by atoms with Crippen LogP contribution in [0.5, 0.6) is 0 Å². The van der Waals surface area contributed by atoms with Crippen molar-refractivity contribution in [3.63, 3.8) is 0 Å². The summed E-state index contributed by atoms with van der Waals surface area (Å²) in [6, 6.07) is 58.8. The summed E-state index contributed by atoms with van der Waals surface area (Å²) < 4.78 is 13.2. The van der Waals surface area contributed by atoms with E-state index < -0.39 is 0 Å². The molecular weight excluding hydrogens is 695 g/mol. The molecule has 268 valence electrons. The summed E-state index contributed by atoms with van der Waals surface area (Å²) in [5.74, 6) is 0.472. The van der Waals surface area contributed by atoms with Gasteiger partial charge in [0, 0.05) is 55.4 Å². The number of hydrogen-bond donors (Lipinski definition) is 0. The van der Waals surface area contributed by atoms with Gasteiger partial charge in [-0.3, -0.25) is 0 Å². The lowest BCUT2D eigenvalue weighted by atomic mass is 9.85. The minimum atomic E-state index is 0.472. The van der Waals surface area contributed by atoms with Crippen molar-refractivity contribution >= 4 is 83.4 Å². The van der Waals surface area contributed by atoms with Crippen molar-refractivity contribution in [1.29, 1.82) is 0 Å². The maximum Gasteiger partial charge on any atom is 0.143 e. The molecule has 2 aromatic heterocycles. The number of allylic oxidation sites excluding steroid dienone is 4. The number of para-hydroxylation sites is 3. The zero-order valence-corrected chi connectivity index (χ0v) is 31.0. The number of fused-ring (bicyclic) bond motifs is 10. The van der Waals surface area contributed by atoms with Crippen molar-refractivity contribution in [2.75, 3.05) is 4.90 Å². The summed E-state index contributed by atoms with van der Waals surface area (Å²) in [4.78, 5) is 2.37. The van der Waals surface area contributed by atoms with Gasteiger partial charge in [-0.05, 0) is 93.5 Å². The molecule has 2 aliphatic carbocycles. The van der Waals surface area contributed by atoms with Gasteiger partial charge in [0.2, 0.25) is 0 Å². The zero-order valence-electron chi connectivity index (χ0n) is 31.0. The van der Waals surface area contributed by atoms with Crippen LogP contribution in [0.2, 0.25) is 0 Å². The minimum absolute atomic E-state index is 0.472. The molecule has 0 amide bonds. The van der Waals surface area contributed by atoms with E-state index in [4.69, 9.17) is 8.83 Å². The smallest absolute Gasteiger partial charge is 0.143 e. The molecule has 0 N–H and O–H groups in total. The van der Waals surface area contributed by atoms with E-state index >= 15 is 0 Å². The van der Waals surface area contributed by atoms with Gasteiger partial charge in [-0.2, -0.15) is 0 Å². The Kier molecular flexibility index (Phi) is 7.05. The second kappa shape index (κ2) is 12.6. The lowest BCUT2D eigenvalue weighted by molar-refractivity contribution is 0.669. The summed E-state index contributed by atoms with van der Waals surface area (Å²) in [5, 5.41) is 9.36. The Labute approximate surface area is 329 Å². The predicted molar refractivity (Wildman–Crippen MR) is 238 cm³/mol. The first kappa shape index (κ1) is 31.9. The van der Waals surface area contributed by atoms with E-state index in [1.165, 1.54) is 32.5 Å². The maximum atomic E-state index is 6.88. The fourth-order valence-corrected chi connectivity index (χ4v) is 9.23. The van der Waals surface area contributed by atoms with Crippen LogP contribution in [0.15, 0.2) is 197 Å². The molecule has 2 aliphatic rings. The third kappa shape index (κ3) is 5.06. The van der Waals surface area contributed by atoms with Crippen LogP contribution in [0.4, 0.5) is 17.1 Å². The van der Waals surface area contributed by atoms with Crippen LogP contribution >= 0.6 is 0 Å². The molecule has 0 spiro atoms. The summed E-state index contributed by atoms with van der Waals surface area (Å²) in [6.45, 7) is 0. The van der Waals surface area contributed by atoms with E-state index in [1.54, 1.807) is 0 Å². The Bertz CT molecular complexity index is 3450. The number of hydrogen-bond acceptors (Lipinski definition) is 3. The lowest BCUT2D eigenvalue weighted by Crippen LogP contribution is -2.32. The first-order valence-corrected chi connectivity index (χ1v) is 19.7. The first-order chi connectivity index (χ1) is 28.2. The molecule has 10 aromatic rings. The summed E-state index contributed by atoms with van der Waals surface area (Å²) in [6.07, 6.45) is 12.3. The summed E-state index contributed by atoms with van der Waals surface area (Å²) in [5.41, 5.74) is 12.7. The number of anilines is 3. The minimum Gasteiger partial charge on any atom is -0.456 e. The van der Waals surface area contributed by atoms with Crippen LogP contribution in [0.3, 0.4) is 0 Å². The molecule has 1 unspecified atom stereocenters. The fourth-order valence-electron chi connectivity index (χ4n) is 9.23. The van der Waals surface area contributed by atoms with Gasteiger partial charge in [-0.25, -0.2) is 0 Å². The van der Waals surface area contributed by atoms with Crippen molar-refractivity contribution < 1.29 is 8.83 Å². The SMILES string of the molecule is C1=CC2=c3ccc(-c4ccc(N(c5ccc6oc7ccccc7c6c5)c5ccccc5-c5cccc6c5oc5c7ccccc7ccc65)cc4)cc3=CCC2C=C1. The van der Waals surface area contributed by atoms with Gasteiger partial charge in [0.25, 0.3) is 0 Å². The number of nitrogens with zero attached hydrogens (tertiary/aromatic N) is 1. The lowest BCUT2D eigenvalue weighted by Gasteiger charge is -2.28. The molecular formula is C54H35NO2. The monoisotopic (exact) mass is 729 g/mol. The summed E-state index contributed by atoms with van der Waals surface area (Å²) in [7, 11) is 0. The Morgan fingerprint density at radius 3 is 2.19 bits per heavy atom. The maximum absolute atomic E-state index is 6.88. The van der Waals surface area contributed by atoms with Crippen LogP contribution in [0, 0.1) is 5.92 Å². The number of rotatable bonds is 5. The van der Waals surface area contributed by atoms with Crippen molar-refractivity contribution in [2.24, 2.45) is 5.92 Å². The molecule has 0 saturated carbocycles. The van der Waals surface area contributed by atoms with Gasteiger partial charge >= 0.3 is 0 Å². The van der Waals surface area contributed by atoms with E-state index in [1.807, 2.05) is 12.1 Å². The van der Waals surface area contributed by atoms with Crippen molar-refractivity contribution in [3.05, 3.63) is 199 Å². The highest BCUT2D eigenvalue weighted by Crippen LogP contribution is 2.46. The topological polar surface area (TPSA) is 29.5 Å². The first-order valence-electron chi connectivity index (χ1n) is 19.7. The average Bonchev–Trinajstić information content (AvgIpc) is 3.85. The van der Waals surface area contributed by atoms with E-state index in [9.17, 15) is 0 Å². The van der Waals surface area contributed by atoms with Crippen LogP contribution in [-0.2, 0) is 0 Å². The van der Waals surface area contributed by atoms with Crippen molar-refractivity contribution in [3.8, 4) is 22.3 Å². The van der Waals surface area contributed by atoms with Crippen LogP contribution < -0.4 is 15.3 Å². The normalized spacial score (nSPS) is 14.7. The quantitative estimate of drug-likeness (QED) is 0.177. The van der Waals surface area contributed by atoms with Gasteiger partial charge < -0.3 is 13.7 Å². The second-order valence-electron chi connectivity index (χ2n) is 15.2. The second-order valence-corrected chi connectivity index (χ2v) is 15.2. The molecule has 0 aliphatic heterocycles. The molecule has 12 rings (SSSR count). The fraction of sp³-hybridized carbons (Fsp3) is 0.0370. The van der Waals surface area contributed by atoms with Gasteiger partial charge in [0.1, 0.15) is 22.3 Å². The molecule has 1 atom stereocenters. The van der Waals surface area contributed by atoms with E-state index in [0.717, 1.165) is 83.9 Å².